The van der Waals surface area contributed by atoms with Crippen molar-refractivity contribution in [3.8, 4) is 5.75 Å². The summed E-state index contributed by atoms with van der Waals surface area (Å²) in [6, 6.07) is 13.3. The summed E-state index contributed by atoms with van der Waals surface area (Å²) < 4.78 is 11.3. The second kappa shape index (κ2) is 10.2. The maximum Gasteiger partial charge on any atom is 0.129 e. The molecule has 1 aliphatic heterocycles. The van der Waals surface area contributed by atoms with Crippen molar-refractivity contribution in [2.75, 3.05) is 39.4 Å². The Balaban J connectivity index is 1.55. The third-order valence-electron chi connectivity index (χ3n) is 4.33. The lowest BCUT2D eigenvalue weighted by Crippen LogP contribution is -2.41. The number of halogens is 2. The molecule has 0 aliphatic carbocycles. The molecule has 0 amide bonds. The third kappa shape index (κ3) is 6.06. The first kappa shape index (κ1) is 20.4. The summed E-state index contributed by atoms with van der Waals surface area (Å²) in [6.45, 7) is 5.67. The molecule has 144 valence electrons. The summed E-state index contributed by atoms with van der Waals surface area (Å²) in [5, 5.41) is 4.39. The molecule has 0 radical (unpaired) electrons. The zero-order chi connectivity index (χ0) is 19.1. The largest absolute Gasteiger partial charge is 0.488 e. The lowest BCUT2D eigenvalue weighted by atomic mass is 10.2. The summed E-state index contributed by atoms with van der Waals surface area (Å²) in [7, 11) is 0. The van der Waals surface area contributed by atoms with E-state index < -0.39 is 0 Å². The monoisotopic (exact) mass is 424 g/mol. The predicted molar refractivity (Wildman–Crippen MR) is 114 cm³/mol. The molecule has 1 N–H and O–H groups in total. The van der Waals surface area contributed by atoms with Gasteiger partial charge in [0.2, 0.25) is 0 Å². The first-order chi connectivity index (χ1) is 13.1. The van der Waals surface area contributed by atoms with Crippen molar-refractivity contribution >= 4 is 40.4 Å². The molecular weight excluding hydrogens is 403 g/mol. The molecule has 0 spiro atoms. The first-order valence-corrected chi connectivity index (χ1v) is 10.0. The smallest absolute Gasteiger partial charge is 0.129 e. The zero-order valence-corrected chi connectivity index (χ0v) is 17.2. The van der Waals surface area contributed by atoms with Gasteiger partial charge in [0.1, 0.15) is 17.3 Å². The van der Waals surface area contributed by atoms with Gasteiger partial charge in [-0.25, -0.2) is 0 Å². The maximum atomic E-state index is 6.07. The van der Waals surface area contributed by atoms with E-state index in [9.17, 15) is 0 Å². The van der Waals surface area contributed by atoms with Gasteiger partial charge in [0.05, 0.1) is 28.8 Å². The number of nitrogens with zero attached hydrogens (tertiary/aromatic N) is 1. The maximum absolute atomic E-state index is 6.07. The van der Waals surface area contributed by atoms with Crippen molar-refractivity contribution in [1.82, 2.24) is 10.2 Å². The fourth-order valence-corrected chi connectivity index (χ4v) is 3.41. The van der Waals surface area contributed by atoms with Gasteiger partial charge in [0.15, 0.2) is 0 Å². The van der Waals surface area contributed by atoms with E-state index in [2.05, 4.69) is 10.2 Å². The lowest BCUT2D eigenvalue weighted by molar-refractivity contribution is 0.0389. The van der Waals surface area contributed by atoms with Gasteiger partial charge in [0.25, 0.3) is 0 Å². The van der Waals surface area contributed by atoms with Crippen LogP contribution in [0.1, 0.15) is 11.1 Å². The predicted octanol–water partition coefficient (Wildman–Crippen LogP) is 4.17. The van der Waals surface area contributed by atoms with Crippen LogP contribution in [-0.4, -0.2) is 49.3 Å². The Bertz CT molecular complexity index is 782. The molecule has 1 saturated heterocycles. The number of rotatable bonds is 7. The highest BCUT2D eigenvalue weighted by Crippen LogP contribution is 2.24. The number of morpholine rings is 1. The normalized spacial score (nSPS) is 14.7. The Labute approximate surface area is 175 Å². The quantitative estimate of drug-likeness (QED) is 0.674. The van der Waals surface area contributed by atoms with E-state index >= 15 is 0 Å². The number of ether oxygens (including phenoxy) is 2. The van der Waals surface area contributed by atoms with Gasteiger partial charge in [-0.1, -0.05) is 53.6 Å². The van der Waals surface area contributed by atoms with Crippen molar-refractivity contribution in [2.45, 2.75) is 6.61 Å². The SMILES string of the molecule is S=C(NCCN1CCOCC1)c1ccccc1OCc1ccc(Cl)c(Cl)c1. The zero-order valence-electron chi connectivity index (χ0n) is 14.9. The second-order valence-corrected chi connectivity index (χ2v) is 7.47. The summed E-state index contributed by atoms with van der Waals surface area (Å²) in [6.07, 6.45) is 0. The minimum Gasteiger partial charge on any atom is -0.488 e. The number of hydrogen-bond donors (Lipinski definition) is 1. The fourth-order valence-electron chi connectivity index (χ4n) is 2.82. The van der Waals surface area contributed by atoms with Crippen LogP contribution in [0.25, 0.3) is 0 Å². The molecule has 0 bridgehead atoms. The molecule has 1 fully saturated rings. The van der Waals surface area contributed by atoms with Crippen LogP contribution in [-0.2, 0) is 11.3 Å². The number of thiocarbonyl (C=S) groups is 1. The van der Waals surface area contributed by atoms with Crippen LogP contribution in [0.5, 0.6) is 5.75 Å². The summed E-state index contributed by atoms with van der Waals surface area (Å²) in [5.41, 5.74) is 1.83. The fraction of sp³-hybridized carbons (Fsp3) is 0.350. The minimum atomic E-state index is 0.393. The Hall–Kier alpha value is -1.37. The Morgan fingerprint density at radius 1 is 1.11 bits per heavy atom. The molecular formula is C20H22Cl2N2O2S. The standard InChI is InChI=1S/C20H22Cl2N2O2S/c21-17-6-5-15(13-18(17)22)14-26-19-4-2-1-3-16(19)20(27)23-7-8-24-9-11-25-12-10-24/h1-6,13H,7-12,14H2,(H,23,27). The number of hydrogen-bond acceptors (Lipinski definition) is 4. The highest BCUT2D eigenvalue weighted by atomic mass is 35.5. The van der Waals surface area contributed by atoms with Gasteiger partial charge in [-0.3, -0.25) is 4.90 Å². The van der Waals surface area contributed by atoms with Gasteiger partial charge in [-0.05, 0) is 29.8 Å². The Kier molecular flexibility index (Phi) is 7.73. The van der Waals surface area contributed by atoms with Crippen LogP contribution in [0.4, 0.5) is 0 Å². The molecule has 4 nitrogen and oxygen atoms in total. The van der Waals surface area contributed by atoms with Crippen LogP contribution in [0, 0.1) is 0 Å². The van der Waals surface area contributed by atoms with E-state index in [1.807, 2.05) is 36.4 Å². The van der Waals surface area contributed by atoms with Crippen molar-refractivity contribution in [3.63, 3.8) is 0 Å². The van der Waals surface area contributed by atoms with Gasteiger partial charge in [-0.15, -0.1) is 0 Å². The van der Waals surface area contributed by atoms with E-state index in [-0.39, 0.29) is 0 Å². The van der Waals surface area contributed by atoms with E-state index in [1.165, 1.54) is 0 Å². The van der Waals surface area contributed by atoms with Crippen molar-refractivity contribution in [3.05, 3.63) is 63.6 Å². The average molecular weight is 425 g/mol. The average Bonchev–Trinajstić information content (AvgIpc) is 2.70. The first-order valence-electron chi connectivity index (χ1n) is 8.87. The Morgan fingerprint density at radius 2 is 1.89 bits per heavy atom. The second-order valence-electron chi connectivity index (χ2n) is 6.24. The number of nitrogens with one attached hydrogen (secondary N) is 1. The van der Waals surface area contributed by atoms with Gasteiger partial charge >= 0.3 is 0 Å². The molecule has 0 saturated carbocycles. The summed E-state index contributed by atoms with van der Waals surface area (Å²) >= 11 is 17.6. The highest BCUT2D eigenvalue weighted by Gasteiger charge is 2.12. The van der Waals surface area contributed by atoms with E-state index in [1.54, 1.807) is 6.07 Å². The van der Waals surface area contributed by atoms with Crippen LogP contribution < -0.4 is 10.1 Å². The number of para-hydroxylation sites is 1. The van der Waals surface area contributed by atoms with Crippen LogP contribution in [0.15, 0.2) is 42.5 Å². The summed E-state index contributed by atoms with van der Waals surface area (Å²) in [4.78, 5) is 3.05. The third-order valence-corrected chi connectivity index (χ3v) is 5.43. The van der Waals surface area contributed by atoms with Crippen LogP contribution >= 0.6 is 35.4 Å². The highest BCUT2D eigenvalue weighted by molar-refractivity contribution is 7.80. The Morgan fingerprint density at radius 3 is 2.67 bits per heavy atom. The molecule has 1 heterocycles. The van der Waals surface area contributed by atoms with Gasteiger partial charge in [0, 0.05) is 26.2 Å². The van der Waals surface area contributed by atoms with Crippen molar-refractivity contribution in [1.29, 1.82) is 0 Å². The molecule has 1 aliphatic rings. The minimum absolute atomic E-state index is 0.393. The molecule has 0 unspecified atom stereocenters. The molecule has 27 heavy (non-hydrogen) atoms. The topological polar surface area (TPSA) is 33.7 Å². The number of benzene rings is 2. The molecule has 0 atom stereocenters. The van der Waals surface area contributed by atoms with Crippen LogP contribution in [0.3, 0.4) is 0 Å². The van der Waals surface area contributed by atoms with E-state index in [0.29, 0.717) is 21.6 Å². The molecule has 2 aromatic carbocycles. The lowest BCUT2D eigenvalue weighted by Gasteiger charge is -2.26. The molecule has 7 heteroatoms. The molecule has 2 aromatic rings. The summed E-state index contributed by atoms with van der Waals surface area (Å²) in [5.74, 6) is 0.743. The molecule has 0 aromatic heterocycles. The van der Waals surface area contributed by atoms with Crippen molar-refractivity contribution < 1.29 is 9.47 Å². The van der Waals surface area contributed by atoms with Crippen LogP contribution in [0.2, 0.25) is 10.0 Å². The van der Waals surface area contributed by atoms with Gasteiger partial charge in [-0.2, -0.15) is 0 Å². The van der Waals surface area contributed by atoms with E-state index in [4.69, 9.17) is 44.9 Å². The molecule has 3 rings (SSSR count). The van der Waals surface area contributed by atoms with E-state index in [0.717, 1.165) is 56.3 Å². The van der Waals surface area contributed by atoms with Crippen molar-refractivity contribution in [2.24, 2.45) is 0 Å². The van der Waals surface area contributed by atoms with Gasteiger partial charge < -0.3 is 14.8 Å².